The van der Waals surface area contributed by atoms with E-state index in [0.717, 1.165) is 19.8 Å². The molecule has 1 aliphatic heterocycles. The zero-order chi connectivity index (χ0) is 9.10. The van der Waals surface area contributed by atoms with E-state index in [2.05, 4.69) is 5.32 Å². The SMILES string of the molecule is NCC1CCCC1NC1CCOC1. The van der Waals surface area contributed by atoms with E-state index >= 15 is 0 Å². The molecule has 0 spiro atoms. The lowest BCUT2D eigenvalue weighted by Crippen LogP contribution is -2.42. The van der Waals surface area contributed by atoms with E-state index in [9.17, 15) is 0 Å². The van der Waals surface area contributed by atoms with Crippen LogP contribution in [0.2, 0.25) is 0 Å². The molecule has 0 bridgehead atoms. The van der Waals surface area contributed by atoms with Gasteiger partial charge in [-0.2, -0.15) is 0 Å². The highest BCUT2D eigenvalue weighted by atomic mass is 16.5. The lowest BCUT2D eigenvalue weighted by Gasteiger charge is -2.22. The number of rotatable bonds is 3. The molecule has 0 aromatic rings. The minimum atomic E-state index is 0.595. The van der Waals surface area contributed by atoms with Crippen LogP contribution in [0, 0.1) is 5.92 Å². The number of nitrogens with one attached hydrogen (secondary N) is 1. The Balaban J connectivity index is 1.79. The molecule has 0 amide bonds. The molecule has 0 aromatic carbocycles. The molecule has 0 aromatic heterocycles. The molecule has 3 nitrogen and oxygen atoms in total. The molecule has 1 saturated carbocycles. The first-order valence-electron chi connectivity index (χ1n) is 5.44. The average Bonchev–Trinajstić information content (AvgIpc) is 2.76. The van der Waals surface area contributed by atoms with Gasteiger partial charge in [0.05, 0.1) is 6.61 Å². The lowest BCUT2D eigenvalue weighted by atomic mass is 10.0. The van der Waals surface area contributed by atoms with Crippen LogP contribution >= 0.6 is 0 Å². The van der Waals surface area contributed by atoms with Gasteiger partial charge >= 0.3 is 0 Å². The van der Waals surface area contributed by atoms with Crippen molar-refractivity contribution in [2.75, 3.05) is 19.8 Å². The van der Waals surface area contributed by atoms with Crippen molar-refractivity contribution in [2.24, 2.45) is 11.7 Å². The van der Waals surface area contributed by atoms with Gasteiger partial charge in [-0.1, -0.05) is 6.42 Å². The summed E-state index contributed by atoms with van der Waals surface area (Å²) < 4.78 is 5.34. The normalized spacial score (nSPS) is 39.9. The molecule has 76 valence electrons. The summed E-state index contributed by atoms with van der Waals surface area (Å²) in [6.07, 6.45) is 5.13. The van der Waals surface area contributed by atoms with Crippen molar-refractivity contribution in [2.45, 2.75) is 37.8 Å². The van der Waals surface area contributed by atoms with Crippen LogP contribution in [0.1, 0.15) is 25.7 Å². The van der Waals surface area contributed by atoms with E-state index in [1.54, 1.807) is 0 Å². The van der Waals surface area contributed by atoms with Gasteiger partial charge in [0.15, 0.2) is 0 Å². The van der Waals surface area contributed by atoms with E-state index in [0.29, 0.717) is 18.0 Å². The highest BCUT2D eigenvalue weighted by molar-refractivity contribution is 4.87. The summed E-state index contributed by atoms with van der Waals surface area (Å²) in [4.78, 5) is 0. The van der Waals surface area contributed by atoms with Crippen LogP contribution in [0.4, 0.5) is 0 Å². The van der Waals surface area contributed by atoms with Gasteiger partial charge in [0.2, 0.25) is 0 Å². The van der Waals surface area contributed by atoms with E-state index in [-0.39, 0.29) is 0 Å². The van der Waals surface area contributed by atoms with Crippen molar-refractivity contribution in [1.29, 1.82) is 0 Å². The van der Waals surface area contributed by atoms with E-state index < -0.39 is 0 Å². The second-order valence-corrected chi connectivity index (χ2v) is 4.26. The molecular weight excluding hydrogens is 164 g/mol. The molecule has 1 saturated heterocycles. The fourth-order valence-corrected chi connectivity index (χ4v) is 2.51. The highest BCUT2D eigenvalue weighted by Gasteiger charge is 2.28. The number of nitrogens with two attached hydrogens (primary N) is 1. The molecule has 3 unspecified atom stereocenters. The molecule has 2 fully saturated rings. The monoisotopic (exact) mass is 184 g/mol. The second kappa shape index (κ2) is 4.40. The van der Waals surface area contributed by atoms with Gasteiger partial charge in [-0.15, -0.1) is 0 Å². The fraction of sp³-hybridized carbons (Fsp3) is 1.00. The Kier molecular flexibility index (Phi) is 3.19. The third-order valence-corrected chi connectivity index (χ3v) is 3.34. The predicted octanol–water partition coefficient (Wildman–Crippen LogP) is 0.492. The van der Waals surface area contributed by atoms with Crippen LogP contribution in [-0.2, 0) is 4.74 Å². The molecule has 13 heavy (non-hydrogen) atoms. The summed E-state index contributed by atoms with van der Waals surface area (Å²) in [6.45, 7) is 2.66. The van der Waals surface area contributed by atoms with Crippen molar-refractivity contribution in [3.05, 3.63) is 0 Å². The molecule has 3 N–H and O–H groups in total. The number of ether oxygens (including phenoxy) is 1. The van der Waals surface area contributed by atoms with Gasteiger partial charge in [0.1, 0.15) is 0 Å². The van der Waals surface area contributed by atoms with Crippen LogP contribution in [0.3, 0.4) is 0 Å². The average molecular weight is 184 g/mol. The standard InChI is InChI=1S/C10H20N2O/c11-6-8-2-1-3-10(8)12-9-4-5-13-7-9/h8-10,12H,1-7,11H2. The molecule has 1 heterocycles. The maximum atomic E-state index is 5.73. The molecular formula is C10H20N2O. The van der Waals surface area contributed by atoms with Crippen molar-refractivity contribution in [1.82, 2.24) is 5.32 Å². The zero-order valence-electron chi connectivity index (χ0n) is 8.17. The van der Waals surface area contributed by atoms with Crippen LogP contribution < -0.4 is 11.1 Å². The van der Waals surface area contributed by atoms with Crippen molar-refractivity contribution >= 4 is 0 Å². The first kappa shape index (κ1) is 9.44. The first-order valence-corrected chi connectivity index (χ1v) is 5.44. The third kappa shape index (κ3) is 2.22. The Morgan fingerprint density at radius 1 is 1.31 bits per heavy atom. The summed E-state index contributed by atoms with van der Waals surface area (Å²) in [6, 6.07) is 1.26. The maximum absolute atomic E-state index is 5.73. The van der Waals surface area contributed by atoms with Crippen molar-refractivity contribution < 1.29 is 4.74 Å². The molecule has 3 heteroatoms. The minimum absolute atomic E-state index is 0.595. The fourth-order valence-electron chi connectivity index (χ4n) is 2.51. The van der Waals surface area contributed by atoms with Crippen LogP contribution in [0.25, 0.3) is 0 Å². The van der Waals surface area contributed by atoms with Crippen molar-refractivity contribution in [3.8, 4) is 0 Å². The largest absolute Gasteiger partial charge is 0.380 e. The van der Waals surface area contributed by atoms with Gasteiger partial charge in [-0.05, 0) is 31.7 Å². The molecule has 3 atom stereocenters. The minimum Gasteiger partial charge on any atom is -0.380 e. The molecule has 0 radical (unpaired) electrons. The number of hydrogen-bond donors (Lipinski definition) is 2. The Labute approximate surface area is 80.0 Å². The number of hydrogen-bond acceptors (Lipinski definition) is 3. The van der Waals surface area contributed by atoms with Crippen LogP contribution in [-0.4, -0.2) is 31.8 Å². The summed E-state index contributed by atoms with van der Waals surface area (Å²) >= 11 is 0. The third-order valence-electron chi connectivity index (χ3n) is 3.34. The summed E-state index contributed by atoms with van der Waals surface area (Å²) in [5.74, 6) is 0.709. The Bertz CT molecular complexity index is 157. The predicted molar refractivity (Wildman–Crippen MR) is 52.5 cm³/mol. The second-order valence-electron chi connectivity index (χ2n) is 4.26. The van der Waals surface area contributed by atoms with Gasteiger partial charge in [-0.25, -0.2) is 0 Å². The lowest BCUT2D eigenvalue weighted by molar-refractivity contribution is 0.186. The maximum Gasteiger partial charge on any atom is 0.0620 e. The Morgan fingerprint density at radius 3 is 2.92 bits per heavy atom. The Morgan fingerprint density at radius 2 is 2.23 bits per heavy atom. The molecule has 1 aliphatic carbocycles. The zero-order valence-corrected chi connectivity index (χ0v) is 8.17. The topological polar surface area (TPSA) is 47.3 Å². The summed E-state index contributed by atoms with van der Waals surface area (Å²) in [5, 5.41) is 3.67. The van der Waals surface area contributed by atoms with Crippen molar-refractivity contribution in [3.63, 3.8) is 0 Å². The Hall–Kier alpha value is -0.120. The van der Waals surface area contributed by atoms with Gasteiger partial charge < -0.3 is 15.8 Å². The van der Waals surface area contributed by atoms with E-state index in [4.69, 9.17) is 10.5 Å². The van der Waals surface area contributed by atoms with Crippen LogP contribution in [0.15, 0.2) is 0 Å². The quantitative estimate of drug-likeness (QED) is 0.671. The first-order chi connectivity index (χ1) is 6.40. The van der Waals surface area contributed by atoms with Gasteiger partial charge in [0.25, 0.3) is 0 Å². The molecule has 2 rings (SSSR count). The van der Waals surface area contributed by atoms with Crippen LogP contribution in [0.5, 0.6) is 0 Å². The highest BCUT2D eigenvalue weighted by Crippen LogP contribution is 2.25. The molecule has 2 aliphatic rings. The van der Waals surface area contributed by atoms with Gasteiger partial charge in [-0.3, -0.25) is 0 Å². The summed E-state index contributed by atoms with van der Waals surface area (Å²) in [7, 11) is 0. The smallest absolute Gasteiger partial charge is 0.0620 e. The van der Waals surface area contributed by atoms with Gasteiger partial charge in [0, 0.05) is 18.7 Å². The van der Waals surface area contributed by atoms with E-state index in [1.165, 1.54) is 25.7 Å². The van der Waals surface area contributed by atoms with E-state index in [1.807, 2.05) is 0 Å². The summed E-state index contributed by atoms with van der Waals surface area (Å²) in [5.41, 5.74) is 5.73.